The lowest BCUT2D eigenvalue weighted by Crippen LogP contribution is -1.93. The van der Waals surface area contributed by atoms with Crippen LogP contribution in [0.5, 0.6) is 0 Å². The lowest BCUT2D eigenvalue weighted by molar-refractivity contribution is 0.628. The van der Waals surface area contributed by atoms with Gasteiger partial charge < -0.3 is 0 Å². The number of halogens is 1. The molecule has 2 aromatic carbocycles. The maximum absolute atomic E-state index is 12.8. The molecule has 0 aliphatic heterocycles. The molecule has 4 nitrogen and oxygen atoms in total. The first kappa shape index (κ1) is 12.2. The van der Waals surface area contributed by atoms with E-state index in [1.165, 1.54) is 18.5 Å². The molecule has 3 aromatic rings. The molecule has 0 amide bonds. The van der Waals surface area contributed by atoms with Crippen LogP contribution in [0.1, 0.15) is 5.56 Å². The highest BCUT2D eigenvalue weighted by Gasteiger charge is 2.04. The molecule has 0 aliphatic rings. The molecule has 0 fully saturated rings. The molecule has 0 aliphatic carbocycles. The van der Waals surface area contributed by atoms with E-state index in [0.717, 1.165) is 11.1 Å². The lowest BCUT2D eigenvalue weighted by atomic mass is 10.2. The third-order valence-corrected chi connectivity index (χ3v) is 2.76. The minimum atomic E-state index is -0.267. The topological polar surface area (TPSA) is 43.1 Å². The monoisotopic (exact) mass is 266 g/mol. The fraction of sp³-hybridized carbons (Fsp3) is 0. The first-order valence-corrected chi connectivity index (χ1v) is 6.08. The first-order chi connectivity index (χ1) is 9.83. The summed E-state index contributed by atoms with van der Waals surface area (Å²) in [6, 6.07) is 15.8. The van der Waals surface area contributed by atoms with Gasteiger partial charge in [0.15, 0.2) is 5.82 Å². The third kappa shape index (κ3) is 2.61. The number of benzene rings is 2. The standard InChI is InChI=1S/C15H11FN4/c16-14-8-6-12(7-9-14)10-18-20-11-17-19-15(20)13-4-2-1-3-5-13/h1-11H. The molecule has 1 heterocycles. The SMILES string of the molecule is Fc1ccc(C=Nn2cnnc2-c2ccccc2)cc1. The van der Waals surface area contributed by atoms with Crippen molar-refractivity contribution >= 4 is 6.21 Å². The van der Waals surface area contributed by atoms with Crippen molar-refractivity contribution in [3.05, 3.63) is 72.3 Å². The van der Waals surface area contributed by atoms with Gasteiger partial charge in [0.25, 0.3) is 0 Å². The van der Waals surface area contributed by atoms with Gasteiger partial charge >= 0.3 is 0 Å². The van der Waals surface area contributed by atoms with E-state index in [9.17, 15) is 4.39 Å². The molecule has 0 spiro atoms. The average molecular weight is 266 g/mol. The number of hydrogen-bond donors (Lipinski definition) is 0. The summed E-state index contributed by atoms with van der Waals surface area (Å²) in [4.78, 5) is 0. The normalized spacial score (nSPS) is 11.1. The Hall–Kier alpha value is -2.82. The van der Waals surface area contributed by atoms with Crippen LogP contribution in [0.15, 0.2) is 66.0 Å². The first-order valence-electron chi connectivity index (χ1n) is 6.08. The van der Waals surface area contributed by atoms with Crippen LogP contribution in [0.4, 0.5) is 4.39 Å². The quantitative estimate of drug-likeness (QED) is 0.684. The highest BCUT2D eigenvalue weighted by Crippen LogP contribution is 2.15. The van der Waals surface area contributed by atoms with Gasteiger partial charge in [-0.1, -0.05) is 42.5 Å². The molecule has 0 bridgehead atoms. The molecule has 0 radical (unpaired) electrons. The van der Waals surface area contributed by atoms with E-state index in [1.807, 2.05) is 30.3 Å². The Morgan fingerprint density at radius 3 is 2.50 bits per heavy atom. The summed E-state index contributed by atoms with van der Waals surface area (Å²) in [6.07, 6.45) is 3.16. The molecule has 1 aromatic heterocycles. The van der Waals surface area contributed by atoms with Crippen molar-refractivity contribution in [1.82, 2.24) is 14.9 Å². The largest absolute Gasteiger partial charge is 0.207 e. The van der Waals surface area contributed by atoms with E-state index in [-0.39, 0.29) is 5.82 Å². The van der Waals surface area contributed by atoms with Crippen molar-refractivity contribution in [1.29, 1.82) is 0 Å². The number of nitrogens with zero attached hydrogens (tertiary/aromatic N) is 4. The van der Waals surface area contributed by atoms with Crippen LogP contribution in [0, 0.1) is 5.82 Å². The smallest absolute Gasteiger partial charge is 0.184 e. The van der Waals surface area contributed by atoms with Crippen molar-refractivity contribution in [2.45, 2.75) is 0 Å². The van der Waals surface area contributed by atoms with Crippen molar-refractivity contribution in [2.24, 2.45) is 5.10 Å². The van der Waals surface area contributed by atoms with Crippen LogP contribution in [-0.4, -0.2) is 21.1 Å². The Morgan fingerprint density at radius 2 is 1.75 bits per heavy atom. The third-order valence-electron chi connectivity index (χ3n) is 2.76. The Balaban J connectivity index is 1.89. The van der Waals surface area contributed by atoms with E-state index < -0.39 is 0 Å². The summed E-state index contributed by atoms with van der Waals surface area (Å²) in [7, 11) is 0. The van der Waals surface area contributed by atoms with Gasteiger partial charge in [-0.3, -0.25) is 0 Å². The molecule has 0 unspecified atom stereocenters. The summed E-state index contributed by atoms with van der Waals surface area (Å²) in [5.41, 5.74) is 1.74. The van der Waals surface area contributed by atoms with E-state index in [2.05, 4.69) is 15.3 Å². The van der Waals surface area contributed by atoms with Crippen LogP contribution in [-0.2, 0) is 0 Å². The summed E-state index contributed by atoms with van der Waals surface area (Å²) >= 11 is 0. The Bertz CT molecular complexity index is 717. The Labute approximate surface area is 115 Å². The molecule has 0 saturated carbocycles. The molecular weight excluding hydrogens is 255 g/mol. The zero-order valence-corrected chi connectivity index (χ0v) is 10.5. The van der Waals surface area contributed by atoms with Gasteiger partial charge in [-0.25, -0.2) is 4.39 Å². The minimum Gasteiger partial charge on any atom is -0.207 e. The van der Waals surface area contributed by atoms with Crippen LogP contribution in [0.2, 0.25) is 0 Å². The van der Waals surface area contributed by atoms with E-state index in [1.54, 1.807) is 23.0 Å². The summed E-state index contributed by atoms with van der Waals surface area (Å²) in [6.45, 7) is 0. The molecule has 5 heteroatoms. The predicted molar refractivity (Wildman–Crippen MR) is 74.9 cm³/mol. The second kappa shape index (κ2) is 5.44. The molecule has 98 valence electrons. The summed E-state index contributed by atoms with van der Waals surface area (Å²) < 4.78 is 14.4. The molecule has 20 heavy (non-hydrogen) atoms. The molecule has 0 N–H and O–H groups in total. The predicted octanol–water partition coefficient (Wildman–Crippen LogP) is 2.97. The van der Waals surface area contributed by atoms with Gasteiger partial charge in [-0.05, 0) is 17.7 Å². The second-order valence-electron chi connectivity index (χ2n) is 4.16. The summed E-state index contributed by atoms with van der Waals surface area (Å²) in [5, 5.41) is 12.2. The number of aromatic nitrogens is 3. The van der Waals surface area contributed by atoms with Crippen LogP contribution in [0.25, 0.3) is 11.4 Å². The van der Waals surface area contributed by atoms with Gasteiger partial charge in [-0.15, -0.1) is 10.2 Å². The van der Waals surface area contributed by atoms with Gasteiger partial charge in [0.05, 0.1) is 6.21 Å². The minimum absolute atomic E-state index is 0.267. The van der Waals surface area contributed by atoms with Crippen molar-refractivity contribution < 1.29 is 4.39 Å². The molecule has 0 atom stereocenters. The summed E-state index contributed by atoms with van der Waals surface area (Å²) in [5.74, 6) is 0.389. The van der Waals surface area contributed by atoms with Crippen molar-refractivity contribution in [2.75, 3.05) is 0 Å². The van der Waals surface area contributed by atoms with E-state index >= 15 is 0 Å². The van der Waals surface area contributed by atoms with Crippen molar-refractivity contribution in [3.8, 4) is 11.4 Å². The highest BCUT2D eigenvalue weighted by molar-refractivity contribution is 5.79. The van der Waals surface area contributed by atoms with E-state index in [0.29, 0.717) is 5.82 Å². The zero-order chi connectivity index (χ0) is 13.8. The lowest BCUT2D eigenvalue weighted by Gasteiger charge is -2.00. The highest BCUT2D eigenvalue weighted by atomic mass is 19.1. The van der Waals surface area contributed by atoms with Gasteiger partial charge in [0.2, 0.25) is 0 Å². The second-order valence-corrected chi connectivity index (χ2v) is 4.16. The molecular formula is C15H11FN4. The van der Waals surface area contributed by atoms with Crippen LogP contribution >= 0.6 is 0 Å². The van der Waals surface area contributed by atoms with Crippen molar-refractivity contribution in [3.63, 3.8) is 0 Å². The maximum Gasteiger partial charge on any atom is 0.184 e. The fourth-order valence-corrected chi connectivity index (χ4v) is 1.77. The average Bonchev–Trinajstić information content (AvgIpc) is 2.96. The molecule has 3 rings (SSSR count). The van der Waals surface area contributed by atoms with E-state index in [4.69, 9.17) is 0 Å². The Kier molecular flexibility index (Phi) is 3.33. The van der Waals surface area contributed by atoms with Crippen LogP contribution < -0.4 is 0 Å². The number of hydrogen-bond acceptors (Lipinski definition) is 3. The van der Waals surface area contributed by atoms with Gasteiger partial charge in [0.1, 0.15) is 12.1 Å². The Morgan fingerprint density at radius 1 is 1.00 bits per heavy atom. The van der Waals surface area contributed by atoms with Gasteiger partial charge in [0, 0.05) is 5.56 Å². The number of rotatable bonds is 3. The maximum atomic E-state index is 12.8. The fourth-order valence-electron chi connectivity index (χ4n) is 1.77. The molecule has 0 saturated heterocycles. The zero-order valence-electron chi connectivity index (χ0n) is 10.5. The van der Waals surface area contributed by atoms with Gasteiger partial charge in [-0.2, -0.15) is 9.78 Å². The van der Waals surface area contributed by atoms with Crippen LogP contribution in [0.3, 0.4) is 0 Å².